The van der Waals surface area contributed by atoms with E-state index in [0.717, 1.165) is 19.4 Å². The Morgan fingerprint density at radius 3 is 3.29 bits per heavy atom. The van der Waals surface area contributed by atoms with Gasteiger partial charge in [-0.1, -0.05) is 0 Å². The Hall–Kier alpha value is -1.36. The summed E-state index contributed by atoms with van der Waals surface area (Å²) in [5.74, 6) is 0.419. The molecule has 0 bridgehead atoms. The van der Waals surface area contributed by atoms with Crippen LogP contribution >= 0.6 is 0 Å². The molecule has 0 saturated carbocycles. The fourth-order valence-electron chi connectivity index (χ4n) is 1.37. The molecule has 1 unspecified atom stereocenters. The minimum atomic E-state index is 0.181. The highest BCUT2D eigenvalue weighted by molar-refractivity contribution is 5.26. The summed E-state index contributed by atoms with van der Waals surface area (Å²) in [6.07, 6.45) is 3.90. The topological polar surface area (TPSA) is 70.3 Å². The highest BCUT2D eigenvalue weighted by Crippen LogP contribution is 2.13. The summed E-state index contributed by atoms with van der Waals surface area (Å²) in [6, 6.07) is 1.94. The fraction of sp³-hybridized carbons (Fsp3) is 0.556. The zero-order valence-corrected chi connectivity index (χ0v) is 7.85. The third kappa shape index (κ3) is 2.32. The van der Waals surface area contributed by atoms with Crippen LogP contribution in [0.4, 0.5) is 5.82 Å². The molecule has 0 spiro atoms. The number of aromatic nitrogens is 2. The van der Waals surface area contributed by atoms with Crippen molar-refractivity contribution in [1.29, 1.82) is 0 Å². The number of hydrogen-bond acceptors (Lipinski definition) is 5. The largest absolute Gasteiger partial charge is 0.461 e. The van der Waals surface area contributed by atoms with Gasteiger partial charge in [0.15, 0.2) is 0 Å². The van der Waals surface area contributed by atoms with Crippen molar-refractivity contribution in [2.75, 3.05) is 18.9 Å². The second kappa shape index (κ2) is 4.23. The first kappa shape index (κ1) is 9.21. The minimum Gasteiger partial charge on any atom is -0.461 e. The van der Waals surface area contributed by atoms with Crippen LogP contribution in [0.3, 0.4) is 0 Å². The van der Waals surface area contributed by atoms with E-state index in [1.165, 1.54) is 0 Å². The first-order valence-electron chi connectivity index (χ1n) is 4.67. The summed E-state index contributed by atoms with van der Waals surface area (Å²) in [4.78, 5) is 7.85. The van der Waals surface area contributed by atoms with Crippen LogP contribution in [0, 0.1) is 0 Å². The molecule has 1 aromatic heterocycles. The van der Waals surface area contributed by atoms with E-state index >= 15 is 0 Å². The Balaban J connectivity index is 1.85. The Kier molecular flexibility index (Phi) is 2.78. The number of nitrogen functional groups attached to an aromatic ring is 1. The predicted octanol–water partition coefficient (Wildman–Crippen LogP) is 0.617. The summed E-state index contributed by atoms with van der Waals surface area (Å²) in [7, 11) is 0. The Labute approximate surface area is 82.3 Å². The van der Waals surface area contributed by atoms with Crippen molar-refractivity contribution in [1.82, 2.24) is 9.97 Å². The van der Waals surface area contributed by atoms with Gasteiger partial charge in [0.25, 0.3) is 0 Å². The van der Waals surface area contributed by atoms with Crippen LogP contribution in [0.2, 0.25) is 0 Å². The maximum absolute atomic E-state index is 5.48. The standard InChI is InChI=1S/C9H13N3O2/c10-8-3-4-11-9(12-8)14-6-7-2-1-5-13-7/h3-4,7H,1-2,5-6H2,(H2,10,11,12). The molecule has 1 aliphatic rings. The third-order valence-electron chi connectivity index (χ3n) is 2.08. The molecule has 5 heteroatoms. The molecule has 5 nitrogen and oxygen atoms in total. The maximum Gasteiger partial charge on any atom is 0.318 e. The quantitative estimate of drug-likeness (QED) is 0.765. The maximum atomic E-state index is 5.48. The molecule has 1 aliphatic heterocycles. The lowest BCUT2D eigenvalue weighted by atomic mass is 10.2. The van der Waals surface area contributed by atoms with Crippen molar-refractivity contribution in [3.8, 4) is 6.01 Å². The molecule has 1 fully saturated rings. The molecule has 2 N–H and O–H groups in total. The van der Waals surface area contributed by atoms with Crippen molar-refractivity contribution >= 4 is 5.82 Å². The van der Waals surface area contributed by atoms with Crippen LogP contribution in [0.25, 0.3) is 0 Å². The summed E-state index contributed by atoms with van der Waals surface area (Å²) in [5.41, 5.74) is 5.48. The minimum absolute atomic E-state index is 0.181. The van der Waals surface area contributed by atoms with Crippen LogP contribution in [-0.2, 0) is 4.74 Å². The third-order valence-corrected chi connectivity index (χ3v) is 2.08. The number of hydrogen-bond donors (Lipinski definition) is 1. The highest BCUT2D eigenvalue weighted by atomic mass is 16.5. The van der Waals surface area contributed by atoms with Gasteiger partial charge in [-0.15, -0.1) is 0 Å². The second-order valence-electron chi connectivity index (χ2n) is 3.21. The van der Waals surface area contributed by atoms with E-state index < -0.39 is 0 Å². The zero-order valence-electron chi connectivity index (χ0n) is 7.85. The van der Waals surface area contributed by atoms with Crippen LogP contribution in [-0.4, -0.2) is 29.3 Å². The van der Waals surface area contributed by atoms with Gasteiger partial charge in [-0.25, -0.2) is 4.98 Å². The van der Waals surface area contributed by atoms with Gasteiger partial charge in [-0.2, -0.15) is 4.98 Å². The number of nitrogens with two attached hydrogens (primary N) is 1. The van der Waals surface area contributed by atoms with Gasteiger partial charge < -0.3 is 15.2 Å². The van der Waals surface area contributed by atoms with Gasteiger partial charge >= 0.3 is 6.01 Å². The average Bonchev–Trinajstić information content (AvgIpc) is 2.67. The predicted molar refractivity (Wildman–Crippen MR) is 50.9 cm³/mol. The van der Waals surface area contributed by atoms with Gasteiger partial charge in [0.2, 0.25) is 0 Å². The Bertz CT molecular complexity index is 300. The van der Waals surface area contributed by atoms with Gasteiger partial charge in [0.05, 0.1) is 6.10 Å². The monoisotopic (exact) mass is 195 g/mol. The van der Waals surface area contributed by atoms with Crippen molar-refractivity contribution in [2.24, 2.45) is 0 Å². The number of nitrogens with zero attached hydrogens (tertiary/aromatic N) is 2. The van der Waals surface area contributed by atoms with Crippen molar-refractivity contribution in [3.05, 3.63) is 12.3 Å². The summed E-state index contributed by atoms with van der Waals surface area (Å²) < 4.78 is 10.7. The van der Waals surface area contributed by atoms with Gasteiger partial charge in [0, 0.05) is 12.8 Å². The van der Waals surface area contributed by atoms with Gasteiger partial charge in [0.1, 0.15) is 12.4 Å². The summed E-state index contributed by atoms with van der Waals surface area (Å²) >= 11 is 0. The molecule has 2 heterocycles. The molecule has 0 amide bonds. The molecular formula is C9H13N3O2. The molecule has 0 radical (unpaired) electrons. The SMILES string of the molecule is Nc1ccnc(OCC2CCCO2)n1. The lowest BCUT2D eigenvalue weighted by Crippen LogP contribution is -2.17. The molecule has 1 saturated heterocycles. The van der Waals surface area contributed by atoms with E-state index in [1.54, 1.807) is 12.3 Å². The van der Waals surface area contributed by atoms with Crippen LogP contribution in [0.1, 0.15) is 12.8 Å². The molecule has 0 aromatic carbocycles. The van der Waals surface area contributed by atoms with Crippen LogP contribution < -0.4 is 10.5 Å². The lowest BCUT2D eigenvalue weighted by Gasteiger charge is -2.09. The average molecular weight is 195 g/mol. The lowest BCUT2D eigenvalue weighted by molar-refractivity contribution is 0.0646. The first-order valence-corrected chi connectivity index (χ1v) is 4.67. The molecule has 14 heavy (non-hydrogen) atoms. The zero-order chi connectivity index (χ0) is 9.80. The summed E-state index contributed by atoms with van der Waals surface area (Å²) in [5, 5.41) is 0. The van der Waals surface area contributed by atoms with Crippen LogP contribution in [0.5, 0.6) is 6.01 Å². The van der Waals surface area contributed by atoms with E-state index in [2.05, 4.69) is 9.97 Å². The Morgan fingerprint density at radius 1 is 1.64 bits per heavy atom. The van der Waals surface area contributed by atoms with Crippen molar-refractivity contribution in [2.45, 2.75) is 18.9 Å². The number of anilines is 1. The number of ether oxygens (including phenoxy) is 2. The van der Waals surface area contributed by atoms with Crippen molar-refractivity contribution < 1.29 is 9.47 Å². The molecule has 2 rings (SSSR count). The van der Waals surface area contributed by atoms with Crippen LogP contribution in [0.15, 0.2) is 12.3 Å². The smallest absolute Gasteiger partial charge is 0.318 e. The van der Waals surface area contributed by atoms with Gasteiger partial charge in [-0.3, -0.25) is 0 Å². The molecule has 1 aromatic rings. The summed E-state index contributed by atoms with van der Waals surface area (Å²) in [6.45, 7) is 1.33. The Morgan fingerprint density at radius 2 is 2.57 bits per heavy atom. The molecule has 1 atom stereocenters. The number of rotatable bonds is 3. The van der Waals surface area contributed by atoms with E-state index in [1.807, 2.05) is 0 Å². The van der Waals surface area contributed by atoms with Gasteiger partial charge in [-0.05, 0) is 18.9 Å². The van der Waals surface area contributed by atoms with E-state index in [-0.39, 0.29) is 6.10 Å². The first-order chi connectivity index (χ1) is 6.84. The normalized spacial score (nSPS) is 21.0. The second-order valence-corrected chi connectivity index (χ2v) is 3.21. The van der Waals surface area contributed by atoms with E-state index in [9.17, 15) is 0 Å². The van der Waals surface area contributed by atoms with E-state index in [0.29, 0.717) is 18.4 Å². The molecule has 0 aliphatic carbocycles. The molecule has 76 valence electrons. The van der Waals surface area contributed by atoms with Crippen molar-refractivity contribution in [3.63, 3.8) is 0 Å². The molecular weight excluding hydrogens is 182 g/mol. The highest BCUT2D eigenvalue weighted by Gasteiger charge is 2.16. The fourth-order valence-corrected chi connectivity index (χ4v) is 1.37. The van der Waals surface area contributed by atoms with E-state index in [4.69, 9.17) is 15.2 Å².